The van der Waals surface area contributed by atoms with Crippen LogP contribution in [-0.4, -0.2) is 11.8 Å². The molecule has 0 fully saturated rings. The van der Waals surface area contributed by atoms with Crippen LogP contribution in [-0.2, 0) is 12.8 Å². The fourth-order valence-corrected chi connectivity index (χ4v) is 3.31. The molecule has 2 rings (SSSR count). The van der Waals surface area contributed by atoms with Crippen LogP contribution in [0.25, 0.3) is 0 Å². The first-order valence-corrected chi connectivity index (χ1v) is 10.3. The smallest absolute Gasteiger partial charge is 0.137 e. The molecule has 0 atom stereocenters. The van der Waals surface area contributed by atoms with Crippen LogP contribution in [0.5, 0.6) is 5.75 Å². The van der Waals surface area contributed by atoms with Crippen LogP contribution in [0.3, 0.4) is 0 Å². The molecule has 0 aliphatic heterocycles. The topological polar surface area (TPSA) is 35.3 Å². The number of hydrogen-bond acceptors (Lipinski definition) is 3. The van der Waals surface area contributed by atoms with E-state index in [2.05, 4.69) is 36.3 Å². The second-order valence-electron chi connectivity index (χ2n) is 7.27. The van der Waals surface area contributed by atoms with E-state index in [0.29, 0.717) is 0 Å². The molecule has 0 aliphatic rings. The molecule has 0 radical (unpaired) electrons. The van der Waals surface area contributed by atoms with Gasteiger partial charge in [-0.3, -0.25) is 0 Å². The van der Waals surface area contributed by atoms with Crippen LogP contribution >= 0.6 is 0 Å². The first-order valence-electron chi connectivity index (χ1n) is 10.3. The van der Waals surface area contributed by atoms with Crippen molar-refractivity contribution in [2.45, 2.75) is 85.0 Å². The van der Waals surface area contributed by atoms with Gasteiger partial charge in [-0.15, -0.1) is 0 Å². The largest absolute Gasteiger partial charge is 0.494 e. The molecule has 0 amide bonds. The first kappa shape index (κ1) is 20.5. The van der Waals surface area contributed by atoms with Crippen molar-refractivity contribution >= 4 is 0 Å². The first-order chi connectivity index (χ1) is 12.7. The van der Waals surface area contributed by atoms with Crippen molar-refractivity contribution in [1.82, 2.24) is 5.16 Å². The van der Waals surface area contributed by atoms with E-state index in [4.69, 9.17) is 9.26 Å². The summed E-state index contributed by atoms with van der Waals surface area (Å²) in [6.07, 6.45) is 12.6. The number of hydrogen-bond donors (Lipinski definition) is 0. The summed E-state index contributed by atoms with van der Waals surface area (Å²) in [5.41, 5.74) is 3.57. The zero-order valence-corrected chi connectivity index (χ0v) is 16.9. The van der Waals surface area contributed by atoms with E-state index >= 15 is 0 Å². The Balaban J connectivity index is 1.59. The van der Waals surface area contributed by atoms with Crippen molar-refractivity contribution < 1.29 is 9.26 Å². The maximum Gasteiger partial charge on any atom is 0.137 e. The summed E-state index contributed by atoms with van der Waals surface area (Å²) in [6, 6.07) is 8.52. The third-order valence-corrected chi connectivity index (χ3v) is 5.03. The van der Waals surface area contributed by atoms with Crippen LogP contribution in [0.1, 0.15) is 80.9 Å². The van der Waals surface area contributed by atoms with Crippen LogP contribution in [0.2, 0.25) is 0 Å². The molecule has 1 aromatic heterocycles. The van der Waals surface area contributed by atoms with Crippen molar-refractivity contribution in [3.8, 4) is 5.75 Å². The van der Waals surface area contributed by atoms with Gasteiger partial charge in [-0.1, -0.05) is 69.2 Å². The van der Waals surface area contributed by atoms with Gasteiger partial charge >= 0.3 is 0 Å². The van der Waals surface area contributed by atoms with Crippen molar-refractivity contribution in [3.05, 3.63) is 46.8 Å². The van der Waals surface area contributed by atoms with E-state index in [0.717, 1.165) is 43.1 Å². The average molecular weight is 358 g/mol. The van der Waals surface area contributed by atoms with Crippen LogP contribution in [0, 0.1) is 13.8 Å². The molecule has 0 bridgehead atoms. The minimum absolute atomic E-state index is 0.827. The molecule has 0 unspecified atom stereocenters. The summed E-state index contributed by atoms with van der Waals surface area (Å²) < 4.78 is 11.1. The Morgan fingerprint density at radius 2 is 1.50 bits per heavy atom. The normalized spacial score (nSPS) is 11.0. The monoisotopic (exact) mass is 357 g/mol. The zero-order chi connectivity index (χ0) is 18.6. The summed E-state index contributed by atoms with van der Waals surface area (Å²) in [4.78, 5) is 0. The number of aromatic nitrogens is 1. The van der Waals surface area contributed by atoms with Gasteiger partial charge in [-0.25, -0.2) is 0 Å². The summed E-state index contributed by atoms with van der Waals surface area (Å²) in [6.45, 7) is 7.08. The third-order valence-electron chi connectivity index (χ3n) is 5.03. The standard InChI is InChI=1S/C23H35NO2/c1-4-5-6-7-8-9-10-11-18-25-22-15-12-21(13-16-22)14-17-23-19(2)24-26-20(23)3/h12-13,15-16H,4-11,14,17-18H2,1-3H3. The molecule has 0 saturated carbocycles. The second-order valence-corrected chi connectivity index (χ2v) is 7.27. The molecule has 3 nitrogen and oxygen atoms in total. The SMILES string of the molecule is CCCCCCCCCCOc1ccc(CCc2c(C)noc2C)cc1. The lowest BCUT2D eigenvalue weighted by Crippen LogP contribution is -1.98. The van der Waals surface area contributed by atoms with Gasteiger partial charge in [0.05, 0.1) is 12.3 Å². The lowest BCUT2D eigenvalue weighted by Gasteiger charge is -2.07. The van der Waals surface area contributed by atoms with Crippen LogP contribution in [0.15, 0.2) is 28.8 Å². The predicted molar refractivity (Wildman–Crippen MR) is 108 cm³/mol. The minimum Gasteiger partial charge on any atom is -0.494 e. The molecular weight excluding hydrogens is 322 g/mol. The lowest BCUT2D eigenvalue weighted by atomic mass is 10.0. The van der Waals surface area contributed by atoms with E-state index in [1.54, 1.807) is 0 Å². The highest BCUT2D eigenvalue weighted by Crippen LogP contribution is 2.18. The predicted octanol–water partition coefficient (Wildman–Crippen LogP) is 6.60. The molecule has 3 heteroatoms. The van der Waals surface area contributed by atoms with Gasteiger partial charge < -0.3 is 9.26 Å². The van der Waals surface area contributed by atoms with Crippen LogP contribution in [0.4, 0.5) is 0 Å². The number of benzene rings is 1. The van der Waals surface area contributed by atoms with Crippen molar-refractivity contribution in [1.29, 1.82) is 0 Å². The third kappa shape index (κ3) is 7.23. The van der Waals surface area contributed by atoms with Crippen LogP contribution < -0.4 is 4.74 Å². The Labute approximate surface area is 159 Å². The summed E-state index contributed by atoms with van der Waals surface area (Å²) in [7, 11) is 0. The van der Waals surface area contributed by atoms with Gasteiger partial charge in [0.25, 0.3) is 0 Å². The summed E-state index contributed by atoms with van der Waals surface area (Å²) in [5.74, 6) is 1.92. The molecule has 0 spiro atoms. The van der Waals surface area contributed by atoms with Gasteiger partial charge in [0.1, 0.15) is 11.5 Å². The summed E-state index contributed by atoms with van der Waals surface area (Å²) >= 11 is 0. The highest BCUT2D eigenvalue weighted by atomic mass is 16.5. The van der Waals surface area contributed by atoms with Gasteiger partial charge in [0.2, 0.25) is 0 Å². The van der Waals surface area contributed by atoms with Gasteiger partial charge in [-0.05, 0) is 50.8 Å². The van der Waals surface area contributed by atoms with E-state index in [1.165, 1.54) is 56.1 Å². The van der Waals surface area contributed by atoms with E-state index in [9.17, 15) is 0 Å². The Hall–Kier alpha value is -1.77. The highest BCUT2D eigenvalue weighted by molar-refractivity contribution is 5.29. The maximum absolute atomic E-state index is 5.87. The number of nitrogens with zero attached hydrogens (tertiary/aromatic N) is 1. The minimum atomic E-state index is 0.827. The Bertz CT molecular complexity index is 596. The summed E-state index contributed by atoms with van der Waals surface area (Å²) in [5, 5.41) is 4.02. The van der Waals surface area contributed by atoms with Crippen molar-refractivity contribution in [2.24, 2.45) is 0 Å². The molecule has 26 heavy (non-hydrogen) atoms. The average Bonchev–Trinajstić information content (AvgIpc) is 2.97. The van der Waals surface area contributed by atoms with E-state index in [-0.39, 0.29) is 0 Å². The number of unbranched alkanes of at least 4 members (excludes halogenated alkanes) is 7. The fourth-order valence-electron chi connectivity index (χ4n) is 3.31. The van der Waals surface area contributed by atoms with Gasteiger partial charge in [0.15, 0.2) is 0 Å². The lowest BCUT2D eigenvalue weighted by molar-refractivity contribution is 0.304. The maximum atomic E-state index is 5.87. The quantitative estimate of drug-likeness (QED) is 0.379. The van der Waals surface area contributed by atoms with Gasteiger partial charge in [0, 0.05) is 5.56 Å². The zero-order valence-electron chi connectivity index (χ0n) is 16.9. The molecule has 2 aromatic rings. The Morgan fingerprint density at radius 1 is 0.846 bits per heavy atom. The Kier molecular flexibility index (Phi) is 9.30. The van der Waals surface area contributed by atoms with E-state index < -0.39 is 0 Å². The molecule has 0 saturated heterocycles. The molecule has 144 valence electrons. The van der Waals surface area contributed by atoms with E-state index in [1.807, 2.05) is 13.8 Å². The molecular formula is C23H35NO2. The molecule has 1 heterocycles. The number of ether oxygens (including phenoxy) is 1. The van der Waals surface area contributed by atoms with Gasteiger partial charge in [-0.2, -0.15) is 0 Å². The fraction of sp³-hybridized carbons (Fsp3) is 0.609. The highest BCUT2D eigenvalue weighted by Gasteiger charge is 2.08. The number of rotatable bonds is 13. The second kappa shape index (κ2) is 11.8. The van der Waals surface area contributed by atoms with Crippen molar-refractivity contribution in [2.75, 3.05) is 6.61 Å². The molecule has 1 aromatic carbocycles. The number of aryl methyl sites for hydroxylation is 3. The molecule has 0 aliphatic carbocycles. The molecule has 0 N–H and O–H groups in total. The Morgan fingerprint density at radius 3 is 2.12 bits per heavy atom. The van der Waals surface area contributed by atoms with Crippen molar-refractivity contribution in [3.63, 3.8) is 0 Å².